The molecule has 0 amide bonds. The molecule has 6 heteroatoms. The van der Waals surface area contributed by atoms with Gasteiger partial charge in [-0.1, -0.05) is 0 Å². The fraction of sp³-hybridized carbons (Fsp3) is 0.533. The minimum Gasteiger partial charge on any atom is -0.462 e. The number of Topliss-reactive ketones (excluding diaryl/α,β-unsaturated/α-hetero) is 1. The van der Waals surface area contributed by atoms with Gasteiger partial charge in [-0.2, -0.15) is 0 Å². The van der Waals surface area contributed by atoms with E-state index >= 15 is 0 Å². The maximum absolute atomic E-state index is 12.5. The predicted molar refractivity (Wildman–Crippen MR) is 77.5 cm³/mol. The molecular formula is C15H21N3O3. The zero-order valence-electron chi connectivity index (χ0n) is 12.9. The van der Waals surface area contributed by atoms with Crippen molar-refractivity contribution in [1.82, 2.24) is 14.5 Å². The van der Waals surface area contributed by atoms with E-state index in [0.29, 0.717) is 0 Å². The Labute approximate surface area is 124 Å². The number of carbonyl (C=O) groups excluding carboxylic acids is 2. The van der Waals surface area contributed by atoms with Crippen LogP contribution >= 0.6 is 0 Å². The molecule has 1 fully saturated rings. The molecule has 0 saturated heterocycles. The summed E-state index contributed by atoms with van der Waals surface area (Å²) in [5.74, 6) is -0.769. The molecule has 2 rings (SSSR count). The first kappa shape index (κ1) is 15.3. The van der Waals surface area contributed by atoms with Crippen molar-refractivity contribution in [2.24, 2.45) is 13.0 Å². The standard InChI is InChI=1S/C15H21N3O3/c1-5-21-15(20)12(7-17(2)3)14(19)11-6-10(11)13-8-18(4)9-16-13/h7-11H,5-6H2,1-4H3. The van der Waals surface area contributed by atoms with Gasteiger partial charge in [-0.05, 0) is 13.3 Å². The third-order valence-electron chi connectivity index (χ3n) is 3.38. The molecule has 1 aliphatic carbocycles. The Bertz CT molecular complexity index is 574. The summed E-state index contributed by atoms with van der Waals surface area (Å²) < 4.78 is 6.83. The Morgan fingerprint density at radius 1 is 1.52 bits per heavy atom. The van der Waals surface area contributed by atoms with Gasteiger partial charge < -0.3 is 14.2 Å². The predicted octanol–water partition coefficient (Wildman–Crippen LogP) is 1.10. The number of imidazole rings is 1. The van der Waals surface area contributed by atoms with E-state index in [0.717, 1.165) is 12.1 Å². The number of carbonyl (C=O) groups is 2. The van der Waals surface area contributed by atoms with Crippen LogP contribution in [0.25, 0.3) is 0 Å². The number of hydrogen-bond donors (Lipinski definition) is 0. The molecule has 0 N–H and O–H groups in total. The van der Waals surface area contributed by atoms with Crippen molar-refractivity contribution in [3.8, 4) is 0 Å². The molecule has 21 heavy (non-hydrogen) atoms. The lowest BCUT2D eigenvalue weighted by Crippen LogP contribution is -2.20. The Morgan fingerprint density at radius 3 is 2.76 bits per heavy atom. The van der Waals surface area contributed by atoms with Crippen molar-refractivity contribution in [3.63, 3.8) is 0 Å². The van der Waals surface area contributed by atoms with Gasteiger partial charge in [-0.25, -0.2) is 9.78 Å². The van der Waals surface area contributed by atoms with Gasteiger partial charge in [0.1, 0.15) is 5.57 Å². The molecule has 1 aliphatic rings. The van der Waals surface area contributed by atoms with Crippen LogP contribution in [0.5, 0.6) is 0 Å². The highest BCUT2D eigenvalue weighted by Crippen LogP contribution is 2.48. The van der Waals surface area contributed by atoms with E-state index in [1.54, 1.807) is 32.2 Å². The molecule has 1 saturated carbocycles. The van der Waals surface area contributed by atoms with E-state index in [4.69, 9.17) is 4.74 Å². The second-order valence-corrected chi connectivity index (χ2v) is 5.50. The van der Waals surface area contributed by atoms with Gasteiger partial charge in [0.15, 0.2) is 5.78 Å². The van der Waals surface area contributed by atoms with Crippen molar-refractivity contribution >= 4 is 11.8 Å². The summed E-state index contributed by atoms with van der Waals surface area (Å²) in [7, 11) is 5.44. The van der Waals surface area contributed by atoms with E-state index in [-0.39, 0.29) is 29.8 Å². The lowest BCUT2D eigenvalue weighted by atomic mass is 10.1. The van der Waals surface area contributed by atoms with E-state index in [2.05, 4.69) is 4.98 Å². The molecule has 0 radical (unpaired) electrons. The normalized spacial score (nSPS) is 21.0. The van der Waals surface area contributed by atoms with Crippen LogP contribution in [0.3, 0.4) is 0 Å². The van der Waals surface area contributed by atoms with Gasteiger partial charge in [-0.3, -0.25) is 4.79 Å². The minimum absolute atomic E-state index is 0.110. The van der Waals surface area contributed by atoms with Crippen molar-refractivity contribution < 1.29 is 14.3 Å². The molecule has 0 bridgehead atoms. The van der Waals surface area contributed by atoms with E-state index in [1.807, 2.05) is 17.8 Å². The highest BCUT2D eigenvalue weighted by molar-refractivity contribution is 6.19. The van der Waals surface area contributed by atoms with Gasteiger partial charge in [0, 0.05) is 45.4 Å². The van der Waals surface area contributed by atoms with Gasteiger partial charge in [-0.15, -0.1) is 0 Å². The number of aryl methyl sites for hydroxylation is 1. The highest BCUT2D eigenvalue weighted by atomic mass is 16.5. The fourth-order valence-electron chi connectivity index (χ4n) is 2.32. The van der Waals surface area contributed by atoms with E-state index in [1.165, 1.54) is 6.20 Å². The molecule has 2 unspecified atom stereocenters. The first-order valence-corrected chi connectivity index (χ1v) is 7.01. The number of ether oxygens (including phenoxy) is 1. The largest absolute Gasteiger partial charge is 0.462 e. The van der Waals surface area contributed by atoms with Crippen LogP contribution in [0.4, 0.5) is 0 Å². The molecule has 0 aliphatic heterocycles. The Hall–Kier alpha value is -2.11. The second-order valence-electron chi connectivity index (χ2n) is 5.50. The highest BCUT2D eigenvalue weighted by Gasteiger charge is 2.47. The van der Waals surface area contributed by atoms with Crippen molar-refractivity contribution in [2.75, 3.05) is 20.7 Å². The quantitative estimate of drug-likeness (QED) is 0.340. The Kier molecular flexibility index (Phi) is 4.45. The lowest BCUT2D eigenvalue weighted by Gasteiger charge is -2.10. The van der Waals surface area contributed by atoms with Crippen molar-refractivity contribution in [1.29, 1.82) is 0 Å². The summed E-state index contributed by atoms with van der Waals surface area (Å²) in [5.41, 5.74) is 1.02. The lowest BCUT2D eigenvalue weighted by molar-refractivity contribution is -0.140. The van der Waals surface area contributed by atoms with Crippen LogP contribution in [-0.2, 0) is 21.4 Å². The third kappa shape index (κ3) is 3.51. The smallest absolute Gasteiger partial charge is 0.343 e. The van der Waals surface area contributed by atoms with Crippen LogP contribution in [0.15, 0.2) is 24.3 Å². The molecular weight excluding hydrogens is 270 g/mol. The number of aromatic nitrogens is 2. The molecule has 1 heterocycles. The number of rotatable bonds is 6. The maximum atomic E-state index is 12.5. The third-order valence-corrected chi connectivity index (χ3v) is 3.38. The Balaban J connectivity index is 2.12. The maximum Gasteiger partial charge on any atom is 0.343 e. The molecule has 2 atom stereocenters. The van der Waals surface area contributed by atoms with Crippen LogP contribution in [0.2, 0.25) is 0 Å². The average Bonchev–Trinajstić information content (AvgIpc) is 3.10. The minimum atomic E-state index is -0.553. The van der Waals surface area contributed by atoms with Crippen LogP contribution in [0.1, 0.15) is 25.0 Å². The number of esters is 1. The summed E-state index contributed by atoms with van der Waals surface area (Å²) in [5, 5.41) is 0. The zero-order valence-corrected chi connectivity index (χ0v) is 12.9. The first-order chi connectivity index (χ1) is 9.93. The van der Waals surface area contributed by atoms with E-state index in [9.17, 15) is 9.59 Å². The van der Waals surface area contributed by atoms with Crippen LogP contribution in [-0.4, -0.2) is 46.9 Å². The average molecular weight is 291 g/mol. The van der Waals surface area contributed by atoms with E-state index < -0.39 is 5.97 Å². The SMILES string of the molecule is CCOC(=O)C(=CN(C)C)C(=O)C1CC1c1cn(C)cn1. The monoisotopic (exact) mass is 291 g/mol. The van der Waals surface area contributed by atoms with Gasteiger partial charge >= 0.3 is 5.97 Å². The zero-order chi connectivity index (χ0) is 15.6. The number of nitrogens with zero attached hydrogens (tertiary/aromatic N) is 3. The van der Waals surface area contributed by atoms with Gasteiger partial charge in [0.05, 0.1) is 18.6 Å². The molecule has 6 nitrogen and oxygen atoms in total. The Morgan fingerprint density at radius 2 is 2.24 bits per heavy atom. The van der Waals surface area contributed by atoms with Crippen molar-refractivity contribution in [3.05, 3.63) is 30.0 Å². The number of hydrogen-bond acceptors (Lipinski definition) is 5. The van der Waals surface area contributed by atoms with Crippen LogP contribution in [0, 0.1) is 5.92 Å². The molecule has 114 valence electrons. The number of ketones is 1. The molecule has 1 aromatic rings. The summed E-state index contributed by atoms with van der Waals surface area (Å²) >= 11 is 0. The summed E-state index contributed by atoms with van der Waals surface area (Å²) in [6, 6.07) is 0. The first-order valence-electron chi connectivity index (χ1n) is 7.01. The van der Waals surface area contributed by atoms with Crippen molar-refractivity contribution in [2.45, 2.75) is 19.3 Å². The van der Waals surface area contributed by atoms with Gasteiger partial charge in [0.2, 0.25) is 0 Å². The fourth-order valence-corrected chi connectivity index (χ4v) is 2.32. The summed E-state index contributed by atoms with van der Waals surface area (Å²) in [4.78, 5) is 30.4. The molecule has 1 aromatic heterocycles. The summed E-state index contributed by atoms with van der Waals surface area (Å²) in [6.07, 6.45) is 5.91. The van der Waals surface area contributed by atoms with Crippen LogP contribution < -0.4 is 0 Å². The second kappa shape index (κ2) is 6.11. The topological polar surface area (TPSA) is 64.4 Å². The molecule has 0 aromatic carbocycles. The van der Waals surface area contributed by atoms with Gasteiger partial charge in [0.25, 0.3) is 0 Å². The molecule has 0 spiro atoms. The summed E-state index contributed by atoms with van der Waals surface area (Å²) in [6.45, 7) is 1.98.